The SMILES string of the molecule is Cn1cc(CN2CC[C@@H](OCC3CC3)[C@H]2Cc2ccncc2)cn1. The van der Waals surface area contributed by atoms with Crippen LogP contribution < -0.4 is 0 Å². The van der Waals surface area contributed by atoms with Crippen LogP contribution in [-0.2, 0) is 24.8 Å². The standard InChI is InChI=1S/C19H26N4O/c1-22-12-17(11-21-22)13-23-9-6-19(24-14-16-2-3-16)18(23)10-15-4-7-20-8-5-15/h4-5,7-8,11-12,16,18-19H,2-3,6,9-10,13-14H2,1H3/t18-,19-/m1/s1. The van der Waals surface area contributed by atoms with Crippen molar-refractivity contribution in [2.24, 2.45) is 13.0 Å². The summed E-state index contributed by atoms with van der Waals surface area (Å²) >= 11 is 0. The van der Waals surface area contributed by atoms with Crippen LogP contribution in [0.25, 0.3) is 0 Å². The number of ether oxygens (including phenoxy) is 1. The summed E-state index contributed by atoms with van der Waals surface area (Å²) in [6.45, 7) is 2.99. The minimum atomic E-state index is 0.343. The third-order valence-corrected chi connectivity index (χ3v) is 5.18. The first-order chi connectivity index (χ1) is 11.8. The highest BCUT2D eigenvalue weighted by Gasteiger charge is 2.36. The van der Waals surface area contributed by atoms with Crippen molar-refractivity contribution >= 4 is 0 Å². The van der Waals surface area contributed by atoms with E-state index in [9.17, 15) is 0 Å². The predicted molar refractivity (Wildman–Crippen MR) is 92.4 cm³/mol. The summed E-state index contributed by atoms with van der Waals surface area (Å²) in [5.41, 5.74) is 2.62. The highest BCUT2D eigenvalue weighted by atomic mass is 16.5. The molecule has 0 unspecified atom stereocenters. The van der Waals surface area contributed by atoms with Crippen LogP contribution in [0.5, 0.6) is 0 Å². The number of hydrogen-bond donors (Lipinski definition) is 0. The molecule has 2 atom stereocenters. The lowest BCUT2D eigenvalue weighted by Gasteiger charge is -2.28. The molecule has 2 aromatic heterocycles. The minimum Gasteiger partial charge on any atom is -0.376 e. The minimum absolute atomic E-state index is 0.343. The van der Waals surface area contributed by atoms with Gasteiger partial charge in [-0.2, -0.15) is 5.10 Å². The summed E-state index contributed by atoms with van der Waals surface area (Å²) in [5.74, 6) is 0.818. The van der Waals surface area contributed by atoms with E-state index in [0.717, 1.165) is 38.5 Å². The quantitative estimate of drug-likeness (QED) is 0.784. The first-order valence-corrected chi connectivity index (χ1v) is 9.00. The average molecular weight is 326 g/mol. The van der Waals surface area contributed by atoms with E-state index < -0.39 is 0 Å². The molecule has 5 nitrogen and oxygen atoms in total. The number of hydrogen-bond acceptors (Lipinski definition) is 4. The first-order valence-electron chi connectivity index (χ1n) is 9.00. The molecule has 0 bridgehead atoms. The van der Waals surface area contributed by atoms with Gasteiger partial charge in [0.15, 0.2) is 0 Å². The highest BCUT2D eigenvalue weighted by Crippen LogP contribution is 2.32. The summed E-state index contributed by atoms with van der Waals surface area (Å²) in [4.78, 5) is 6.70. The largest absolute Gasteiger partial charge is 0.376 e. The van der Waals surface area contributed by atoms with E-state index in [0.29, 0.717) is 12.1 Å². The van der Waals surface area contributed by atoms with Crippen LogP contribution in [0.1, 0.15) is 30.4 Å². The second kappa shape index (κ2) is 7.03. The van der Waals surface area contributed by atoms with Gasteiger partial charge in [0.25, 0.3) is 0 Å². The van der Waals surface area contributed by atoms with Crippen LogP contribution in [-0.4, -0.2) is 45.0 Å². The molecule has 24 heavy (non-hydrogen) atoms. The Labute approximate surface area is 143 Å². The predicted octanol–water partition coefficient (Wildman–Crippen LogP) is 2.43. The summed E-state index contributed by atoms with van der Waals surface area (Å²) in [6.07, 6.45) is 13.0. The van der Waals surface area contributed by atoms with Crippen molar-refractivity contribution in [2.75, 3.05) is 13.2 Å². The van der Waals surface area contributed by atoms with E-state index in [2.05, 4.69) is 33.3 Å². The number of aromatic nitrogens is 3. The zero-order valence-electron chi connectivity index (χ0n) is 14.3. The Bertz CT molecular complexity index is 652. The number of likely N-dealkylation sites (tertiary alicyclic amines) is 1. The van der Waals surface area contributed by atoms with Gasteiger partial charge in [0, 0.05) is 56.9 Å². The van der Waals surface area contributed by atoms with Crippen LogP contribution >= 0.6 is 0 Å². The number of nitrogens with zero attached hydrogens (tertiary/aromatic N) is 4. The first kappa shape index (κ1) is 15.8. The van der Waals surface area contributed by atoms with Gasteiger partial charge in [-0.15, -0.1) is 0 Å². The van der Waals surface area contributed by atoms with Crippen molar-refractivity contribution in [3.05, 3.63) is 48.0 Å². The van der Waals surface area contributed by atoms with Gasteiger partial charge in [-0.1, -0.05) is 0 Å². The van der Waals surface area contributed by atoms with Crippen molar-refractivity contribution in [1.82, 2.24) is 19.7 Å². The normalized spacial score (nSPS) is 24.5. The average Bonchev–Trinajstić information content (AvgIpc) is 3.23. The van der Waals surface area contributed by atoms with Gasteiger partial charge in [-0.3, -0.25) is 14.6 Å². The number of pyridine rings is 1. The molecule has 3 heterocycles. The second-order valence-electron chi connectivity index (χ2n) is 7.22. The number of rotatable bonds is 7. The van der Waals surface area contributed by atoms with E-state index in [1.165, 1.54) is 24.0 Å². The Morgan fingerprint density at radius 1 is 1.17 bits per heavy atom. The third-order valence-electron chi connectivity index (χ3n) is 5.18. The van der Waals surface area contributed by atoms with Crippen molar-refractivity contribution in [1.29, 1.82) is 0 Å². The lowest BCUT2D eigenvalue weighted by Crippen LogP contribution is -2.38. The molecule has 0 spiro atoms. The van der Waals surface area contributed by atoms with Gasteiger partial charge < -0.3 is 4.74 Å². The maximum absolute atomic E-state index is 6.31. The Balaban J connectivity index is 1.46. The molecule has 2 aliphatic rings. The zero-order valence-corrected chi connectivity index (χ0v) is 14.3. The fraction of sp³-hybridized carbons (Fsp3) is 0.579. The Kier molecular flexibility index (Phi) is 4.63. The van der Waals surface area contributed by atoms with Crippen molar-refractivity contribution in [3.8, 4) is 0 Å². The van der Waals surface area contributed by atoms with E-state index in [4.69, 9.17) is 4.74 Å². The van der Waals surface area contributed by atoms with Gasteiger partial charge in [-0.25, -0.2) is 0 Å². The van der Waals surface area contributed by atoms with Crippen molar-refractivity contribution in [3.63, 3.8) is 0 Å². The summed E-state index contributed by atoms with van der Waals surface area (Å²) in [5, 5.41) is 4.31. The molecule has 0 N–H and O–H groups in total. The van der Waals surface area contributed by atoms with Crippen LogP contribution in [0.3, 0.4) is 0 Å². The molecular weight excluding hydrogens is 300 g/mol. The molecule has 1 aliphatic carbocycles. The van der Waals surface area contributed by atoms with Crippen LogP contribution in [0, 0.1) is 5.92 Å². The maximum atomic E-state index is 6.31. The zero-order chi connectivity index (χ0) is 16.4. The van der Waals surface area contributed by atoms with Crippen LogP contribution in [0.2, 0.25) is 0 Å². The van der Waals surface area contributed by atoms with Crippen LogP contribution in [0.4, 0.5) is 0 Å². The molecule has 0 radical (unpaired) electrons. The fourth-order valence-corrected chi connectivity index (χ4v) is 3.63. The summed E-state index contributed by atoms with van der Waals surface area (Å²) in [7, 11) is 1.98. The Morgan fingerprint density at radius 3 is 2.71 bits per heavy atom. The molecular formula is C19H26N4O. The summed E-state index contributed by atoms with van der Waals surface area (Å²) in [6, 6.07) is 4.68. The fourth-order valence-electron chi connectivity index (χ4n) is 3.63. The molecule has 0 aromatic carbocycles. The Hall–Kier alpha value is -1.72. The molecule has 1 aliphatic heterocycles. The van der Waals surface area contributed by atoms with Crippen LogP contribution in [0.15, 0.2) is 36.9 Å². The van der Waals surface area contributed by atoms with Gasteiger partial charge in [-0.05, 0) is 49.3 Å². The second-order valence-corrected chi connectivity index (χ2v) is 7.22. The topological polar surface area (TPSA) is 43.2 Å². The van der Waals surface area contributed by atoms with Crippen molar-refractivity contribution in [2.45, 2.75) is 44.4 Å². The lowest BCUT2D eigenvalue weighted by atomic mass is 10.0. The molecule has 128 valence electrons. The Morgan fingerprint density at radius 2 is 2.00 bits per heavy atom. The molecule has 5 heteroatoms. The highest BCUT2D eigenvalue weighted by molar-refractivity contribution is 5.14. The molecule has 2 fully saturated rings. The summed E-state index contributed by atoms with van der Waals surface area (Å²) < 4.78 is 8.19. The molecule has 0 amide bonds. The molecule has 2 aromatic rings. The lowest BCUT2D eigenvalue weighted by molar-refractivity contribution is 0.0196. The smallest absolute Gasteiger partial charge is 0.0745 e. The molecule has 4 rings (SSSR count). The maximum Gasteiger partial charge on any atom is 0.0745 e. The van der Waals surface area contributed by atoms with E-state index in [1.54, 1.807) is 0 Å². The van der Waals surface area contributed by atoms with E-state index >= 15 is 0 Å². The third kappa shape index (κ3) is 3.84. The van der Waals surface area contributed by atoms with E-state index in [1.807, 2.05) is 30.3 Å². The van der Waals surface area contributed by atoms with Gasteiger partial charge >= 0.3 is 0 Å². The van der Waals surface area contributed by atoms with Crippen molar-refractivity contribution < 1.29 is 4.74 Å². The molecule has 1 saturated carbocycles. The van der Waals surface area contributed by atoms with Gasteiger partial charge in [0.2, 0.25) is 0 Å². The van der Waals surface area contributed by atoms with Gasteiger partial charge in [0.05, 0.1) is 12.3 Å². The monoisotopic (exact) mass is 326 g/mol. The molecule has 1 saturated heterocycles. The van der Waals surface area contributed by atoms with E-state index in [-0.39, 0.29) is 0 Å². The number of aryl methyl sites for hydroxylation is 1. The van der Waals surface area contributed by atoms with Gasteiger partial charge in [0.1, 0.15) is 0 Å².